The highest BCUT2D eigenvalue weighted by atomic mass is 16.7. The van der Waals surface area contributed by atoms with Crippen LogP contribution in [-0.2, 0) is 9.47 Å². The van der Waals surface area contributed by atoms with Gasteiger partial charge in [0.05, 0.1) is 26.4 Å². The number of ether oxygens (including phenoxy) is 4. The third-order valence-corrected chi connectivity index (χ3v) is 5.31. The van der Waals surface area contributed by atoms with Crippen molar-refractivity contribution in [1.82, 2.24) is 0 Å². The van der Waals surface area contributed by atoms with Crippen molar-refractivity contribution in [2.45, 2.75) is 25.7 Å². The average molecular weight is 370 g/mol. The van der Waals surface area contributed by atoms with Gasteiger partial charge in [0.2, 0.25) is 0 Å². The molecule has 3 unspecified atom stereocenters. The standard InChI is InChI=1S/C19H22N4O4/c1-5-26-19(27-6-2)18(11-21)15(17(18,10-20)16(22)23-19)12-7-13(24-3)9-14(8-12)25-4/h7-9,15H,5-6H2,1-4H3,(H2,22,23). The van der Waals surface area contributed by atoms with Gasteiger partial charge in [0.25, 0.3) is 5.91 Å². The number of hydrogen-bond acceptors (Lipinski definition) is 8. The molecule has 1 fully saturated rings. The number of nitriles is 2. The monoisotopic (exact) mass is 370 g/mol. The second kappa shape index (κ2) is 6.41. The molecule has 0 bridgehead atoms. The van der Waals surface area contributed by atoms with Gasteiger partial charge in [-0.2, -0.15) is 10.5 Å². The molecule has 2 N–H and O–H groups in total. The van der Waals surface area contributed by atoms with Crippen LogP contribution in [-0.4, -0.2) is 39.2 Å². The van der Waals surface area contributed by atoms with Crippen LogP contribution in [0.3, 0.4) is 0 Å². The summed E-state index contributed by atoms with van der Waals surface area (Å²) in [6.07, 6.45) is 0. The Balaban J connectivity index is 2.24. The molecule has 27 heavy (non-hydrogen) atoms. The third kappa shape index (κ3) is 2.11. The maximum atomic E-state index is 10.2. The molecule has 8 heteroatoms. The number of rotatable bonds is 7. The first-order valence-electron chi connectivity index (χ1n) is 8.66. The highest BCUT2D eigenvalue weighted by Gasteiger charge is 2.93. The molecule has 0 aromatic heterocycles. The molecule has 1 heterocycles. The van der Waals surface area contributed by atoms with E-state index in [1.165, 1.54) is 14.2 Å². The van der Waals surface area contributed by atoms with Crippen LogP contribution in [0.4, 0.5) is 0 Å². The first-order chi connectivity index (χ1) is 13.0. The fourth-order valence-electron chi connectivity index (χ4n) is 4.25. The lowest BCUT2D eigenvalue weighted by atomic mass is 9.93. The Morgan fingerprint density at radius 2 is 1.59 bits per heavy atom. The van der Waals surface area contributed by atoms with Crippen molar-refractivity contribution in [3.63, 3.8) is 0 Å². The zero-order chi connectivity index (χ0) is 19.9. The minimum atomic E-state index is -1.63. The van der Waals surface area contributed by atoms with Crippen LogP contribution >= 0.6 is 0 Å². The number of fused-ring (bicyclic) bond motifs is 1. The Hall–Kier alpha value is -2.81. The first kappa shape index (κ1) is 19.0. The van der Waals surface area contributed by atoms with Crippen molar-refractivity contribution in [1.29, 1.82) is 10.5 Å². The fraction of sp³-hybridized carbons (Fsp3) is 0.526. The molecule has 1 aliphatic heterocycles. The van der Waals surface area contributed by atoms with Gasteiger partial charge in [-0.3, -0.25) is 0 Å². The molecule has 0 spiro atoms. The Bertz CT molecular complexity index is 843. The number of nitrogens with zero attached hydrogens (tertiary/aromatic N) is 3. The van der Waals surface area contributed by atoms with E-state index < -0.39 is 22.7 Å². The maximum absolute atomic E-state index is 10.2. The molecule has 1 aromatic carbocycles. The molecule has 1 aliphatic carbocycles. The summed E-state index contributed by atoms with van der Waals surface area (Å²) >= 11 is 0. The second-order valence-electron chi connectivity index (χ2n) is 6.36. The molecule has 0 amide bonds. The molecule has 1 saturated carbocycles. The lowest BCUT2D eigenvalue weighted by Crippen LogP contribution is -2.43. The minimum absolute atomic E-state index is 0.0419. The Morgan fingerprint density at radius 3 is 2.00 bits per heavy atom. The summed E-state index contributed by atoms with van der Waals surface area (Å²) in [5.74, 6) is -1.10. The van der Waals surface area contributed by atoms with E-state index in [1.807, 2.05) is 0 Å². The van der Waals surface area contributed by atoms with Crippen molar-refractivity contribution in [2.24, 2.45) is 21.6 Å². The van der Waals surface area contributed by atoms with Crippen molar-refractivity contribution < 1.29 is 18.9 Å². The van der Waals surface area contributed by atoms with Gasteiger partial charge in [-0.15, -0.1) is 0 Å². The highest BCUT2D eigenvalue weighted by Crippen LogP contribution is 2.82. The third-order valence-electron chi connectivity index (χ3n) is 5.31. The van der Waals surface area contributed by atoms with E-state index in [2.05, 4.69) is 17.1 Å². The molecule has 3 atom stereocenters. The Morgan fingerprint density at radius 1 is 1.04 bits per heavy atom. The van der Waals surface area contributed by atoms with Gasteiger partial charge in [-0.1, -0.05) is 0 Å². The normalized spacial score (nSPS) is 29.9. The molecule has 0 radical (unpaired) electrons. The second-order valence-corrected chi connectivity index (χ2v) is 6.36. The van der Waals surface area contributed by atoms with Gasteiger partial charge < -0.3 is 24.7 Å². The molecule has 3 rings (SSSR count). The van der Waals surface area contributed by atoms with Crippen LogP contribution in [0.2, 0.25) is 0 Å². The summed E-state index contributed by atoms with van der Waals surface area (Å²) in [7, 11) is 3.07. The van der Waals surface area contributed by atoms with Crippen LogP contribution in [0.5, 0.6) is 11.5 Å². The summed E-state index contributed by atoms with van der Waals surface area (Å²) in [6, 6.07) is 9.75. The van der Waals surface area contributed by atoms with Crippen molar-refractivity contribution in [3.8, 4) is 23.6 Å². The van der Waals surface area contributed by atoms with Crippen molar-refractivity contribution in [2.75, 3.05) is 27.4 Å². The van der Waals surface area contributed by atoms with Crippen LogP contribution in [0.15, 0.2) is 23.2 Å². The molecule has 142 valence electrons. The summed E-state index contributed by atoms with van der Waals surface area (Å²) < 4.78 is 22.3. The summed E-state index contributed by atoms with van der Waals surface area (Å²) in [6.45, 7) is 4.04. The van der Waals surface area contributed by atoms with E-state index in [0.29, 0.717) is 17.1 Å². The van der Waals surface area contributed by atoms with Crippen LogP contribution in [0, 0.1) is 33.5 Å². The number of aliphatic imine (C=N–C) groups is 1. The smallest absolute Gasteiger partial charge is 0.293 e. The zero-order valence-corrected chi connectivity index (χ0v) is 15.8. The number of hydrogen-bond donors (Lipinski definition) is 1. The van der Waals surface area contributed by atoms with Gasteiger partial charge in [-0.05, 0) is 31.5 Å². The van der Waals surface area contributed by atoms with Crippen LogP contribution in [0.1, 0.15) is 25.3 Å². The van der Waals surface area contributed by atoms with E-state index in [4.69, 9.17) is 24.7 Å². The maximum Gasteiger partial charge on any atom is 0.293 e. The quantitative estimate of drug-likeness (QED) is 0.727. The van der Waals surface area contributed by atoms with E-state index in [9.17, 15) is 10.5 Å². The van der Waals surface area contributed by atoms with E-state index in [0.717, 1.165) is 0 Å². The van der Waals surface area contributed by atoms with Crippen molar-refractivity contribution >= 4 is 5.84 Å². The average Bonchev–Trinajstić information content (AvgIpc) is 3.27. The van der Waals surface area contributed by atoms with Gasteiger partial charge in [0, 0.05) is 25.2 Å². The summed E-state index contributed by atoms with van der Waals surface area (Å²) in [5, 5.41) is 20.3. The topological polar surface area (TPSA) is 123 Å². The highest BCUT2D eigenvalue weighted by molar-refractivity contribution is 6.00. The number of methoxy groups -OCH3 is 2. The van der Waals surface area contributed by atoms with Crippen molar-refractivity contribution in [3.05, 3.63) is 23.8 Å². The molecule has 0 saturated heterocycles. The van der Waals surface area contributed by atoms with Gasteiger partial charge in [0.15, 0.2) is 5.41 Å². The fourth-order valence-corrected chi connectivity index (χ4v) is 4.25. The first-order valence-corrected chi connectivity index (χ1v) is 8.66. The SMILES string of the molecule is CCOC1(OCC)N=C(N)C2(C#N)C(c3cc(OC)cc(OC)c3)C12C#N. The van der Waals surface area contributed by atoms with E-state index >= 15 is 0 Å². The zero-order valence-electron chi connectivity index (χ0n) is 15.8. The predicted molar refractivity (Wildman–Crippen MR) is 96.0 cm³/mol. The largest absolute Gasteiger partial charge is 0.497 e. The molecule has 8 nitrogen and oxygen atoms in total. The number of nitrogens with two attached hydrogens (primary N) is 1. The molecular weight excluding hydrogens is 348 g/mol. The van der Waals surface area contributed by atoms with Crippen LogP contribution in [0.25, 0.3) is 0 Å². The molecule has 2 aliphatic rings. The lowest BCUT2D eigenvalue weighted by Gasteiger charge is -2.31. The number of amidine groups is 1. The van der Waals surface area contributed by atoms with E-state index in [-0.39, 0.29) is 19.0 Å². The van der Waals surface area contributed by atoms with Gasteiger partial charge in [0.1, 0.15) is 22.7 Å². The number of benzene rings is 1. The predicted octanol–water partition coefficient (Wildman–Crippen LogP) is 1.92. The van der Waals surface area contributed by atoms with Gasteiger partial charge >= 0.3 is 0 Å². The Labute approximate surface area is 158 Å². The Kier molecular flexibility index (Phi) is 4.51. The van der Waals surface area contributed by atoms with Gasteiger partial charge in [-0.25, -0.2) is 4.99 Å². The molecular formula is C19H22N4O4. The van der Waals surface area contributed by atoms with Crippen LogP contribution < -0.4 is 15.2 Å². The minimum Gasteiger partial charge on any atom is -0.497 e. The summed E-state index contributed by atoms with van der Waals surface area (Å²) in [5.41, 5.74) is 4.12. The lowest BCUT2D eigenvalue weighted by molar-refractivity contribution is -0.255. The van der Waals surface area contributed by atoms with E-state index in [1.54, 1.807) is 32.0 Å². The molecule has 1 aromatic rings. The summed E-state index contributed by atoms with van der Waals surface area (Å²) in [4.78, 5) is 4.32.